The summed E-state index contributed by atoms with van der Waals surface area (Å²) in [7, 11) is 1.38. The summed E-state index contributed by atoms with van der Waals surface area (Å²) in [5.41, 5.74) is 2.97. The normalized spacial score (nSPS) is 16.8. The number of esters is 1. The molecule has 4 nitrogen and oxygen atoms in total. The largest absolute Gasteiger partial charge is 0.489 e. The van der Waals surface area contributed by atoms with Gasteiger partial charge in [0.2, 0.25) is 0 Å². The number of methoxy groups -OCH3 is 1. The minimum Gasteiger partial charge on any atom is -0.489 e. The van der Waals surface area contributed by atoms with Gasteiger partial charge in [-0.3, -0.25) is 4.79 Å². The Hall–Kier alpha value is -3.93. The van der Waals surface area contributed by atoms with E-state index >= 15 is 0 Å². The van der Waals surface area contributed by atoms with Crippen LogP contribution in [0.15, 0.2) is 78.9 Å². The molecule has 184 valence electrons. The van der Waals surface area contributed by atoms with Crippen molar-refractivity contribution in [3.63, 3.8) is 0 Å². The van der Waals surface area contributed by atoms with E-state index in [2.05, 4.69) is 0 Å². The lowest BCUT2D eigenvalue weighted by atomic mass is 9.68. The van der Waals surface area contributed by atoms with Crippen LogP contribution in [0.5, 0.6) is 5.75 Å². The highest BCUT2D eigenvalue weighted by Gasteiger charge is 2.47. The molecule has 0 aliphatic heterocycles. The van der Waals surface area contributed by atoms with Crippen molar-refractivity contribution in [2.24, 2.45) is 0 Å². The number of carbonyl (C=O) groups excluding carboxylic acids is 1. The van der Waals surface area contributed by atoms with Crippen molar-refractivity contribution in [2.45, 2.75) is 38.2 Å². The highest BCUT2D eigenvalue weighted by Crippen LogP contribution is 2.48. The van der Waals surface area contributed by atoms with E-state index in [9.17, 15) is 13.6 Å². The molecule has 4 aromatic rings. The summed E-state index contributed by atoms with van der Waals surface area (Å²) in [6.45, 7) is 4.44. The molecule has 0 spiro atoms. The van der Waals surface area contributed by atoms with Gasteiger partial charge in [-0.2, -0.15) is 0 Å². The third-order valence-corrected chi connectivity index (χ3v) is 6.77. The molecule has 6 heteroatoms. The van der Waals surface area contributed by atoms with E-state index in [0.717, 1.165) is 33.8 Å². The van der Waals surface area contributed by atoms with Crippen molar-refractivity contribution in [1.82, 2.24) is 4.57 Å². The minimum atomic E-state index is -0.964. The molecule has 0 radical (unpaired) electrons. The van der Waals surface area contributed by atoms with Gasteiger partial charge in [-0.25, -0.2) is 8.78 Å². The Kier molecular flexibility index (Phi) is 6.12. The fourth-order valence-corrected chi connectivity index (χ4v) is 5.01. The number of halogens is 2. The number of nitrogens with zero attached hydrogens (tertiary/aromatic N) is 1. The van der Waals surface area contributed by atoms with E-state index in [1.165, 1.54) is 13.2 Å². The first kappa shape index (κ1) is 23.8. The first-order chi connectivity index (χ1) is 17.4. The van der Waals surface area contributed by atoms with Crippen molar-refractivity contribution in [1.29, 1.82) is 0 Å². The van der Waals surface area contributed by atoms with Gasteiger partial charge < -0.3 is 14.0 Å². The van der Waals surface area contributed by atoms with Gasteiger partial charge >= 0.3 is 5.97 Å². The molecule has 0 saturated carbocycles. The molecular formula is C30H27F2NO3. The molecule has 0 amide bonds. The molecular weight excluding hydrogens is 460 g/mol. The quantitative estimate of drug-likeness (QED) is 0.209. The Labute approximate surface area is 208 Å². The van der Waals surface area contributed by atoms with Crippen molar-refractivity contribution in [3.05, 3.63) is 107 Å². The predicted octanol–water partition coefficient (Wildman–Crippen LogP) is 6.98. The average molecular weight is 488 g/mol. The fourth-order valence-electron chi connectivity index (χ4n) is 5.01. The number of allylic oxidation sites excluding steroid dienone is 1. The van der Waals surface area contributed by atoms with Crippen LogP contribution >= 0.6 is 0 Å². The van der Waals surface area contributed by atoms with Crippen LogP contribution in [-0.2, 0) is 21.6 Å². The molecule has 1 aliphatic rings. The summed E-state index contributed by atoms with van der Waals surface area (Å²) >= 11 is 0. The number of ether oxygens (including phenoxy) is 2. The van der Waals surface area contributed by atoms with Crippen LogP contribution in [0.25, 0.3) is 16.6 Å². The van der Waals surface area contributed by atoms with Crippen LogP contribution in [-0.4, -0.2) is 17.6 Å². The Morgan fingerprint density at radius 1 is 1.03 bits per heavy atom. The number of rotatable bonds is 7. The van der Waals surface area contributed by atoms with Gasteiger partial charge in [0.1, 0.15) is 17.8 Å². The maximum Gasteiger partial charge on any atom is 0.320 e. The van der Waals surface area contributed by atoms with Crippen LogP contribution in [0.1, 0.15) is 43.0 Å². The van der Waals surface area contributed by atoms with E-state index in [4.69, 9.17) is 9.47 Å². The number of benzene rings is 3. The molecule has 5 rings (SSSR count). The lowest BCUT2D eigenvalue weighted by molar-refractivity contribution is -0.146. The summed E-state index contributed by atoms with van der Waals surface area (Å²) in [5, 5.41) is 0.809. The Morgan fingerprint density at radius 2 is 1.78 bits per heavy atom. The number of aromatic nitrogens is 1. The van der Waals surface area contributed by atoms with Crippen LogP contribution in [0, 0.1) is 11.6 Å². The van der Waals surface area contributed by atoms with Gasteiger partial charge in [0.05, 0.1) is 12.6 Å². The molecule has 0 saturated heterocycles. The number of fused-ring (bicyclic) bond motifs is 1. The number of carbonyl (C=O) groups is 1. The third-order valence-electron chi connectivity index (χ3n) is 6.77. The van der Waals surface area contributed by atoms with E-state index < -0.39 is 17.0 Å². The van der Waals surface area contributed by atoms with E-state index in [-0.39, 0.29) is 11.9 Å². The van der Waals surface area contributed by atoms with Crippen LogP contribution < -0.4 is 4.74 Å². The highest BCUT2D eigenvalue weighted by atomic mass is 19.2. The average Bonchev–Trinajstić information content (AvgIpc) is 3.19. The minimum absolute atomic E-state index is 0.0373. The molecule has 1 heterocycles. The van der Waals surface area contributed by atoms with Gasteiger partial charge in [-0.1, -0.05) is 56.3 Å². The van der Waals surface area contributed by atoms with Crippen molar-refractivity contribution >= 4 is 16.9 Å². The molecule has 3 aromatic carbocycles. The van der Waals surface area contributed by atoms with Crippen molar-refractivity contribution < 1.29 is 23.0 Å². The third kappa shape index (κ3) is 3.87. The fraction of sp³-hybridized carbons (Fsp3) is 0.233. The monoisotopic (exact) mass is 487 g/mol. The van der Waals surface area contributed by atoms with Crippen molar-refractivity contribution in [3.8, 4) is 11.4 Å². The zero-order valence-corrected chi connectivity index (χ0v) is 20.4. The van der Waals surface area contributed by atoms with Gasteiger partial charge in [0.15, 0.2) is 11.6 Å². The molecule has 1 atom stereocenters. The van der Waals surface area contributed by atoms with Crippen molar-refractivity contribution in [2.75, 3.05) is 7.11 Å². The second kappa shape index (κ2) is 9.26. The molecule has 0 bridgehead atoms. The SMILES string of the molecule is COC(=O)C1(c2c(C(C)C)n(-c3ccc(F)c(F)c3)c3ccc(OCc4ccccc4)cc23)C=CC1. The number of hydrogen-bond donors (Lipinski definition) is 0. The zero-order valence-electron chi connectivity index (χ0n) is 20.4. The first-order valence-electron chi connectivity index (χ1n) is 11.9. The summed E-state index contributed by atoms with van der Waals surface area (Å²) in [6.07, 6.45) is 4.30. The molecule has 36 heavy (non-hydrogen) atoms. The molecule has 0 fully saturated rings. The van der Waals surface area contributed by atoms with Crippen LogP contribution in [0.3, 0.4) is 0 Å². The topological polar surface area (TPSA) is 40.5 Å². The summed E-state index contributed by atoms with van der Waals surface area (Å²) in [5.74, 6) is -1.59. The second-order valence-electron chi connectivity index (χ2n) is 9.37. The Morgan fingerprint density at radius 3 is 2.39 bits per heavy atom. The number of hydrogen-bond acceptors (Lipinski definition) is 3. The predicted molar refractivity (Wildman–Crippen MR) is 136 cm³/mol. The molecule has 1 aromatic heterocycles. The highest BCUT2D eigenvalue weighted by molar-refractivity contribution is 5.98. The van der Waals surface area contributed by atoms with Crippen LogP contribution in [0.4, 0.5) is 8.78 Å². The molecule has 1 unspecified atom stereocenters. The maximum atomic E-state index is 14.3. The zero-order chi connectivity index (χ0) is 25.4. The van der Waals surface area contributed by atoms with Gasteiger partial charge in [0.25, 0.3) is 0 Å². The van der Waals surface area contributed by atoms with Crippen LogP contribution in [0.2, 0.25) is 0 Å². The molecule has 0 N–H and O–H groups in total. The summed E-state index contributed by atoms with van der Waals surface area (Å²) in [4.78, 5) is 13.2. The Balaban J connectivity index is 1.75. The van der Waals surface area contributed by atoms with E-state index in [0.29, 0.717) is 24.5 Å². The maximum absolute atomic E-state index is 14.3. The standard InChI is InChI=1S/C30H27F2NO3/c1-19(2)28-27(30(14-7-15-30)29(34)35-3)23-17-22(36-18-20-8-5-4-6-9-20)11-13-26(23)33(28)21-10-12-24(31)25(32)16-21/h4-14,16-17,19H,15,18H2,1-3H3. The van der Waals surface area contributed by atoms with Gasteiger partial charge in [-0.05, 0) is 48.2 Å². The van der Waals surface area contributed by atoms with Gasteiger partial charge in [0, 0.05) is 28.4 Å². The smallest absolute Gasteiger partial charge is 0.320 e. The molecule has 1 aliphatic carbocycles. The Bertz CT molecular complexity index is 1470. The first-order valence-corrected chi connectivity index (χ1v) is 11.9. The lowest BCUT2D eigenvalue weighted by Crippen LogP contribution is -2.40. The second-order valence-corrected chi connectivity index (χ2v) is 9.37. The lowest BCUT2D eigenvalue weighted by Gasteiger charge is -2.34. The van der Waals surface area contributed by atoms with E-state index in [1.54, 1.807) is 6.07 Å². The van der Waals surface area contributed by atoms with E-state index in [1.807, 2.05) is 79.1 Å². The summed E-state index contributed by atoms with van der Waals surface area (Å²) in [6, 6.07) is 19.4. The summed E-state index contributed by atoms with van der Waals surface area (Å²) < 4.78 is 41.4. The van der Waals surface area contributed by atoms with Gasteiger partial charge in [-0.15, -0.1) is 0 Å².